The lowest BCUT2D eigenvalue weighted by atomic mass is 10.4. The van der Waals surface area contributed by atoms with E-state index in [2.05, 4.69) is 10.6 Å². The largest absolute Gasteiger partial charge is 1.00 e. The molecular weight excluding hydrogens is 215 g/mol. The Kier molecular flexibility index (Phi) is 6.25. The highest BCUT2D eigenvalue weighted by atomic mass is 127. The van der Waals surface area contributed by atoms with Crippen molar-refractivity contribution >= 4 is 0 Å². The van der Waals surface area contributed by atoms with Crippen LogP contribution in [-0.2, 0) is 0 Å². The quantitative estimate of drug-likeness (QED) is 0.402. The lowest BCUT2D eigenvalue weighted by Gasteiger charge is -1.89. The average Bonchev–Trinajstić information content (AvgIpc) is 1.90. The molecule has 0 unspecified atom stereocenters. The van der Waals surface area contributed by atoms with Crippen LogP contribution in [0.5, 0.6) is 0 Å². The Morgan fingerprint density at radius 2 is 2.00 bits per heavy atom. The first-order valence-electron chi connectivity index (χ1n) is 3.02. The minimum atomic E-state index is 0. The van der Waals surface area contributed by atoms with Crippen LogP contribution in [0.25, 0.3) is 0 Å². The molecule has 0 aromatic carbocycles. The van der Waals surface area contributed by atoms with Gasteiger partial charge in [0.25, 0.3) is 0 Å². The summed E-state index contributed by atoms with van der Waals surface area (Å²) in [5.41, 5.74) is 0. The number of hydrogen-bond donors (Lipinski definition) is 2. The molecule has 8 heavy (non-hydrogen) atoms. The van der Waals surface area contributed by atoms with E-state index in [4.69, 9.17) is 0 Å². The van der Waals surface area contributed by atoms with Gasteiger partial charge in [0.1, 0.15) is 0 Å². The van der Waals surface area contributed by atoms with Crippen LogP contribution in [0.3, 0.4) is 0 Å². The predicted molar refractivity (Wildman–Crippen MR) is 29.1 cm³/mol. The first-order chi connectivity index (χ1) is 3.50. The van der Waals surface area contributed by atoms with E-state index in [1.54, 1.807) is 0 Å². The SMILES string of the molecule is C1CNCC[NH2+]C1.[I-]. The summed E-state index contributed by atoms with van der Waals surface area (Å²) in [7, 11) is 0. The molecular formula is C5H13IN2. The molecule has 0 bridgehead atoms. The number of nitrogens with two attached hydrogens (primary N) is 1. The molecule has 1 fully saturated rings. The van der Waals surface area contributed by atoms with Crippen molar-refractivity contribution in [2.24, 2.45) is 0 Å². The van der Waals surface area contributed by atoms with Crippen molar-refractivity contribution < 1.29 is 29.3 Å². The Morgan fingerprint density at radius 1 is 1.12 bits per heavy atom. The molecule has 1 saturated heterocycles. The molecule has 3 N–H and O–H groups in total. The van der Waals surface area contributed by atoms with Gasteiger partial charge in [0.15, 0.2) is 0 Å². The smallest absolute Gasteiger partial charge is 0.0882 e. The third-order valence-corrected chi connectivity index (χ3v) is 1.29. The maximum Gasteiger partial charge on any atom is 0.0882 e. The molecule has 1 rings (SSSR count). The molecule has 1 heterocycles. The van der Waals surface area contributed by atoms with Gasteiger partial charge in [-0.1, -0.05) is 0 Å². The molecule has 0 saturated carbocycles. The lowest BCUT2D eigenvalue weighted by molar-refractivity contribution is -0.650. The molecule has 0 atom stereocenters. The molecule has 0 radical (unpaired) electrons. The molecule has 1 aliphatic rings. The van der Waals surface area contributed by atoms with Gasteiger partial charge < -0.3 is 34.6 Å². The first-order valence-corrected chi connectivity index (χ1v) is 3.02. The van der Waals surface area contributed by atoms with Gasteiger partial charge in [0, 0.05) is 19.5 Å². The van der Waals surface area contributed by atoms with Crippen molar-refractivity contribution in [1.29, 1.82) is 0 Å². The van der Waals surface area contributed by atoms with Crippen molar-refractivity contribution in [3.8, 4) is 0 Å². The summed E-state index contributed by atoms with van der Waals surface area (Å²) in [5, 5.41) is 5.68. The molecule has 0 aromatic rings. The highest BCUT2D eigenvalue weighted by Crippen LogP contribution is 1.69. The second kappa shape index (κ2) is 5.78. The van der Waals surface area contributed by atoms with Crippen molar-refractivity contribution in [3.63, 3.8) is 0 Å². The van der Waals surface area contributed by atoms with Crippen LogP contribution in [0, 0.1) is 0 Å². The zero-order valence-electron chi connectivity index (χ0n) is 4.99. The Bertz CT molecular complexity index is 30.0. The van der Waals surface area contributed by atoms with Crippen LogP contribution < -0.4 is 34.6 Å². The molecule has 2 nitrogen and oxygen atoms in total. The summed E-state index contributed by atoms with van der Waals surface area (Å²) in [6.07, 6.45) is 1.33. The number of halogens is 1. The van der Waals surface area contributed by atoms with E-state index in [0.29, 0.717) is 0 Å². The van der Waals surface area contributed by atoms with Gasteiger partial charge in [-0.25, -0.2) is 0 Å². The van der Waals surface area contributed by atoms with Crippen LogP contribution in [0.1, 0.15) is 6.42 Å². The maximum absolute atomic E-state index is 3.32. The van der Waals surface area contributed by atoms with E-state index in [0.717, 1.165) is 0 Å². The summed E-state index contributed by atoms with van der Waals surface area (Å²) in [6, 6.07) is 0. The van der Waals surface area contributed by atoms with Gasteiger partial charge in [0.2, 0.25) is 0 Å². The van der Waals surface area contributed by atoms with Crippen molar-refractivity contribution in [2.75, 3.05) is 26.2 Å². The van der Waals surface area contributed by atoms with Crippen LogP contribution in [0.15, 0.2) is 0 Å². The summed E-state index contributed by atoms with van der Waals surface area (Å²) >= 11 is 0. The van der Waals surface area contributed by atoms with Gasteiger partial charge in [0.05, 0.1) is 13.1 Å². The second-order valence-corrected chi connectivity index (χ2v) is 1.97. The summed E-state index contributed by atoms with van der Waals surface area (Å²) in [4.78, 5) is 0. The minimum Gasteiger partial charge on any atom is -1.00 e. The van der Waals surface area contributed by atoms with Gasteiger partial charge in [-0.15, -0.1) is 0 Å². The number of rotatable bonds is 0. The fourth-order valence-corrected chi connectivity index (χ4v) is 0.845. The van der Waals surface area contributed by atoms with E-state index in [1.165, 1.54) is 32.6 Å². The zero-order valence-corrected chi connectivity index (χ0v) is 7.15. The Hall–Kier alpha value is 0.650. The first kappa shape index (κ1) is 8.65. The molecule has 0 amide bonds. The lowest BCUT2D eigenvalue weighted by Crippen LogP contribution is -3.00. The Morgan fingerprint density at radius 3 is 2.88 bits per heavy atom. The predicted octanol–water partition coefficient (Wildman–Crippen LogP) is -4.45. The average molecular weight is 228 g/mol. The highest BCUT2D eigenvalue weighted by molar-refractivity contribution is 4.46. The fourth-order valence-electron chi connectivity index (χ4n) is 0.845. The van der Waals surface area contributed by atoms with Crippen molar-refractivity contribution in [1.82, 2.24) is 5.32 Å². The molecule has 1 aliphatic heterocycles. The molecule has 0 aromatic heterocycles. The number of hydrogen-bond acceptors (Lipinski definition) is 1. The van der Waals surface area contributed by atoms with E-state index in [1.807, 2.05) is 0 Å². The van der Waals surface area contributed by atoms with Gasteiger partial charge in [-0.05, 0) is 0 Å². The van der Waals surface area contributed by atoms with E-state index in [-0.39, 0.29) is 24.0 Å². The summed E-state index contributed by atoms with van der Waals surface area (Å²) in [5.74, 6) is 0. The van der Waals surface area contributed by atoms with Crippen molar-refractivity contribution in [2.45, 2.75) is 6.42 Å². The minimum absolute atomic E-state index is 0. The van der Waals surface area contributed by atoms with E-state index in [9.17, 15) is 0 Å². The number of nitrogens with one attached hydrogen (secondary N) is 1. The Labute approximate surface area is 67.4 Å². The fraction of sp³-hybridized carbons (Fsp3) is 1.00. The second-order valence-electron chi connectivity index (χ2n) is 1.97. The molecule has 0 aliphatic carbocycles. The van der Waals surface area contributed by atoms with Crippen LogP contribution >= 0.6 is 0 Å². The van der Waals surface area contributed by atoms with Crippen LogP contribution in [-0.4, -0.2) is 26.2 Å². The maximum atomic E-state index is 3.32. The Balaban J connectivity index is 0.000000490. The molecule has 0 spiro atoms. The van der Waals surface area contributed by atoms with Gasteiger partial charge >= 0.3 is 0 Å². The summed E-state index contributed by atoms with van der Waals surface area (Å²) in [6.45, 7) is 4.99. The third kappa shape index (κ3) is 3.63. The van der Waals surface area contributed by atoms with Crippen molar-refractivity contribution in [3.05, 3.63) is 0 Å². The normalized spacial score (nSPS) is 21.0. The monoisotopic (exact) mass is 228 g/mol. The van der Waals surface area contributed by atoms with Crippen LogP contribution in [0.2, 0.25) is 0 Å². The summed E-state index contributed by atoms with van der Waals surface area (Å²) < 4.78 is 0. The van der Waals surface area contributed by atoms with Crippen LogP contribution in [0.4, 0.5) is 0 Å². The van der Waals surface area contributed by atoms with E-state index < -0.39 is 0 Å². The third-order valence-electron chi connectivity index (χ3n) is 1.29. The van der Waals surface area contributed by atoms with E-state index >= 15 is 0 Å². The molecule has 3 heteroatoms. The van der Waals surface area contributed by atoms with Gasteiger partial charge in [-0.3, -0.25) is 0 Å². The molecule has 50 valence electrons. The highest BCUT2D eigenvalue weighted by Gasteiger charge is 1.95. The van der Waals surface area contributed by atoms with Gasteiger partial charge in [-0.2, -0.15) is 0 Å². The topological polar surface area (TPSA) is 28.6 Å². The standard InChI is InChI=1S/C5H12N2.HI/c1-2-6-4-5-7-3-1;/h6-7H,1-5H2;1H. The number of quaternary nitrogens is 1. The zero-order chi connectivity index (χ0) is 4.95.